The molecule has 184 valence electrons. The third kappa shape index (κ3) is 4.30. The number of para-hydroxylation sites is 1. The van der Waals surface area contributed by atoms with Crippen LogP contribution in [0.3, 0.4) is 0 Å². The summed E-state index contributed by atoms with van der Waals surface area (Å²) >= 11 is 0. The zero-order valence-electron chi connectivity index (χ0n) is 20.6. The number of nitrogens with one attached hydrogen (secondary N) is 2. The molecule has 0 amide bonds. The van der Waals surface area contributed by atoms with Crippen molar-refractivity contribution >= 4 is 21.9 Å². The van der Waals surface area contributed by atoms with E-state index in [1.807, 2.05) is 50.8 Å². The van der Waals surface area contributed by atoms with Crippen LogP contribution in [0.5, 0.6) is 5.75 Å². The molecular weight excluding hydrogens is 469 g/mol. The molecule has 0 aliphatic heterocycles. The summed E-state index contributed by atoms with van der Waals surface area (Å²) in [5.74, 6) is 0.684. The van der Waals surface area contributed by atoms with E-state index < -0.39 is 0 Å². The lowest BCUT2D eigenvalue weighted by Crippen LogP contribution is -2.10. The molecule has 0 saturated heterocycles. The Bertz CT molecular complexity index is 1760. The number of fused-ring (bicyclic) bond motifs is 2. The quantitative estimate of drug-likeness (QED) is 0.321. The number of rotatable bonds is 6. The zero-order valence-corrected chi connectivity index (χ0v) is 20.6. The molecule has 0 spiro atoms. The van der Waals surface area contributed by atoms with Crippen LogP contribution in [0.25, 0.3) is 55.8 Å². The predicted molar refractivity (Wildman–Crippen MR) is 142 cm³/mol. The second-order valence-corrected chi connectivity index (χ2v) is 9.17. The molecule has 37 heavy (non-hydrogen) atoms. The van der Waals surface area contributed by atoms with Gasteiger partial charge in [-0.2, -0.15) is 5.10 Å². The summed E-state index contributed by atoms with van der Waals surface area (Å²) in [5.41, 5.74) is 7.33. The summed E-state index contributed by atoms with van der Waals surface area (Å²) in [7, 11) is 5.57. The summed E-state index contributed by atoms with van der Waals surface area (Å²) in [4.78, 5) is 19.4. The number of ether oxygens (including phenoxy) is 1. The third-order valence-corrected chi connectivity index (χ3v) is 6.19. The van der Waals surface area contributed by atoms with Gasteiger partial charge in [-0.3, -0.25) is 15.1 Å². The standard InChI is InChI=1S/C28H24FN7O/c1-36(2)15-16-7-18(13-30-12-16)24-11-22-25(14-31-24)34-35-27(22)28-32-23-6-4-5-21(26(23)33-28)17-8-19(29)10-20(9-17)37-3/h4-14H,15H2,1-3H3,(H,32,33)(H,34,35). The van der Waals surface area contributed by atoms with Gasteiger partial charge in [-0.05, 0) is 55.6 Å². The van der Waals surface area contributed by atoms with Crippen LogP contribution in [0, 0.1) is 5.82 Å². The van der Waals surface area contributed by atoms with Gasteiger partial charge in [0.1, 0.15) is 17.3 Å². The van der Waals surface area contributed by atoms with Gasteiger partial charge < -0.3 is 14.6 Å². The fourth-order valence-corrected chi connectivity index (χ4v) is 4.55. The van der Waals surface area contributed by atoms with Gasteiger partial charge in [-0.15, -0.1) is 0 Å². The van der Waals surface area contributed by atoms with Crippen LogP contribution in [-0.2, 0) is 6.54 Å². The normalized spacial score (nSPS) is 11.6. The predicted octanol–water partition coefficient (Wildman–Crippen LogP) is 5.44. The van der Waals surface area contributed by atoms with Crippen molar-refractivity contribution in [1.29, 1.82) is 0 Å². The number of hydrogen-bond donors (Lipinski definition) is 2. The molecule has 0 atom stereocenters. The van der Waals surface area contributed by atoms with Gasteiger partial charge in [0.05, 0.1) is 35.6 Å². The number of halogens is 1. The topological polar surface area (TPSA) is 95.6 Å². The van der Waals surface area contributed by atoms with E-state index in [9.17, 15) is 4.39 Å². The Labute approximate surface area is 212 Å². The molecule has 0 radical (unpaired) electrons. The van der Waals surface area contributed by atoms with E-state index >= 15 is 0 Å². The van der Waals surface area contributed by atoms with Gasteiger partial charge in [0.2, 0.25) is 0 Å². The van der Waals surface area contributed by atoms with E-state index in [-0.39, 0.29) is 5.82 Å². The van der Waals surface area contributed by atoms with Crippen molar-refractivity contribution < 1.29 is 9.13 Å². The van der Waals surface area contributed by atoms with Crippen molar-refractivity contribution in [1.82, 2.24) is 35.0 Å². The second kappa shape index (κ2) is 9.11. The molecule has 4 aromatic heterocycles. The summed E-state index contributed by atoms with van der Waals surface area (Å²) in [6.45, 7) is 0.790. The first-order valence-electron chi connectivity index (χ1n) is 11.8. The molecule has 0 aliphatic rings. The van der Waals surface area contributed by atoms with Gasteiger partial charge in [0, 0.05) is 41.5 Å². The van der Waals surface area contributed by atoms with E-state index in [4.69, 9.17) is 9.72 Å². The molecule has 0 aliphatic carbocycles. The summed E-state index contributed by atoms with van der Waals surface area (Å²) in [6, 6.07) is 14.5. The van der Waals surface area contributed by atoms with E-state index in [0.29, 0.717) is 22.8 Å². The molecule has 9 heteroatoms. The van der Waals surface area contributed by atoms with E-state index in [0.717, 1.165) is 50.9 Å². The number of methoxy groups -OCH3 is 1. The Hall–Kier alpha value is -4.63. The molecule has 0 unspecified atom stereocenters. The molecule has 8 nitrogen and oxygen atoms in total. The highest BCUT2D eigenvalue weighted by Crippen LogP contribution is 2.34. The molecule has 0 fully saturated rings. The molecule has 0 saturated carbocycles. The van der Waals surface area contributed by atoms with Crippen LogP contribution in [0.1, 0.15) is 5.56 Å². The van der Waals surface area contributed by atoms with Gasteiger partial charge in [0.15, 0.2) is 5.82 Å². The first-order chi connectivity index (χ1) is 18.0. The summed E-state index contributed by atoms with van der Waals surface area (Å²) in [6.07, 6.45) is 5.45. The SMILES string of the molecule is COc1cc(F)cc(-c2cccc3[nH]c(-c4n[nH]c5cnc(-c6cncc(CN(C)C)c6)cc45)nc23)c1. The Morgan fingerprint density at radius 1 is 0.973 bits per heavy atom. The lowest BCUT2D eigenvalue weighted by atomic mass is 10.0. The maximum Gasteiger partial charge on any atom is 0.159 e. The Morgan fingerprint density at radius 2 is 1.86 bits per heavy atom. The van der Waals surface area contributed by atoms with Crippen molar-refractivity contribution in [2.45, 2.75) is 6.54 Å². The highest BCUT2D eigenvalue weighted by Gasteiger charge is 2.17. The molecule has 2 N–H and O–H groups in total. The number of aromatic amines is 2. The van der Waals surface area contributed by atoms with Gasteiger partial charge >= 0.3 is 0 Å². The first kappa shape index (κ1) is 22.8. The maximum atomic E-state index is 14.2. The van der Waals surface area contributed by atoms with E-state index in [1.54, 1.807) is 12.3 Å². The van der Waals surface area contributed by atoms with Crippen LogP contribution in [0.15, 0.2) is 67.1 Å². The van der Waals surface area contributed by atoms with E-state index in [1.165, 1.54) is 19.2 Å². The van der Waals surface area contributed by atoms with Crippen LogP contribution < -0.4 is 4.74 Å². The monoisotopic (exact) mass is 493 g/mol. The largest absolute Gasteiger partial charge is 0.497 e. The minimum Gasteiger partial charge on any atom is -0.497 e. The van der Waals surface area contributed by atoms with Crippen molar-refractivity contribution in [2.24, 2.45) is 0 Å². The van der Waals surface area contributed by atoms with Gasteiger partial charge in [-0.1, -0.05) is 12.1 Å². The third-order valence-electron chi connectivity index (χ3n) is 6.19. The molecular formula is C28H24FN7O. The highest BCUT2D eigenvalue weighted by atomic mass is 19.1. The minimum absolute atomic E-state index is 0.371. The van der Waals surface area contributed by atoms with Crippen LogP contribution in [-0.4, -0.2) is 56.2 Å². The lowest BCUT2D eigenvalue weighted by molar-refractivity contribution is 0.402. The molecule has 2 aromatic carbocycles. The number of H-pyrrole nitrogens is 2. The summed E-state index contributed by atoms with van der Waals surface area (Å²) < 4.78 is 19.5. The smallest absolute Gasteiger partial charge is 0.159 e. The maximum absolute atomic E-state index is 14.2. The Morgan fingerprint density at radius 3 is 2.70 bits per heavy atom. The average Bonchev–Trinajstić information content (AvgIpc) is 3.51. The molecule has 6 aromatic rings. The zero-order chi connectivity index (χ0) is 25.5. The number of nitrogens with zero attached hydrogens (tertiary/aromatic N) is 5. The van der Waals surface area contributed by atoms with Crippen molar-refractivity contribution in [3.8, 4) is 39.7 Å². The fraction of sp³-hybridized carbons (Fsp3) is 0.143. The fourth-order valence-electron chi connectivity index (χ4n) is 4.55. The molecule has 0 bridgehead atoms. The van der Waals surface area contributed by atoms with Crippen LogP contribution in [0.2, 0.25) is 0 Å². The van der Waals surface area contributed by atoms with Gasteiger partial charge in [-0.25, -0.2) is 9.37 Å². The number of aromatic nitrogens is 6. The summed E-state index contributed by atoms with van der Waals surface area (Å²) in [5, 5.41) is 8.48. The van der Waals surface area contributed by atoms with Crippen molar-refractivity contribution in [2.75, 3.05) is 21.2 Å². The number of hydrogen-bond acceptors (Lipinski definition) is 6. The molecule has 6 rings (SSSR count). The minimum atomic E-state index is -0.371. The second-order valence-electron chi connectivity index (χ2n) is 9.17. The average molecular weight is 494 g/mol. The van der Waals surface area contributed by atoms with Crippen molar-refractivity contribution in [3.05, 3.63) is 78.5 Å². The Balaban J connectivity index is 1.45. The van der Waals surface area contributed by atoms with Gasteiger partial charge in [0.25, 0.3) is 0 Å². The number of pyridine rings is 2. The van der Waals surface area contributed by atoms with E-state index in [2.05, 4.69) is 36.1 Å². The molecule has 4 heterocycles. The number of benzene rings is 2. The Kier molecular flexibility index (Phi) is 5.61. The number of imidazole rings is 1. The first-order valence-corrected chi connectivity index (χ1v) is 11.8. The lowest BCUT2D eigenvalue weighted by Gasteiger charge is -2.10. The van der Waals surface area contributed by atoms with Crippen LogP contribution >= 0.6 is 0 Å². The van der Waals surface area contributed by atoms with Crippen LogP contribution in [0.4, 0.5) is 4.39 Å². The van der Waals surface area contributed by atoms with Crippen molar-refractivity contribution in [3.63, 3.8) is 0 Å². The highest BCUT2D eigenvalue weighted by molar-refractivity contribution is 5.97.